The van der Waals surface area contributed by atoms with Crippen LogP contribution >= 0.6 is 0 Å². The second-order valence-corrected chi connectivity index (χ2v) is 8.23. The molecule has 0 saturated heterocycles. The van der Waals surface area contributed by atoms with Crippen LogP contribution in [0.15, 0.2) is 42.5 Å². The van der Waals surface area contributed by atoms with Gasteiger partial charge in [0.15, 0.2) is 0 Å². The third-order valence-corrected chi connectivity index (χ3v) is 6.28. The first-order valence-electron chi connectivity index (χ1n) is 10.5. The van der Waals surface area contributed by atoms with Crippen molar-refractivity contribution in [3.63, 3.8) is 0 Å². The van der Waals surface area contributed by atoms with Crippen LogP contribution in [0.25, 0.3) is 5.57 Å². The predicted molar refractivity (Wildman–Crippen MR) is 119 cm³/mol. The average Bonchev–Trinajstić information content (AvgIpc) is 2.72. The highest BCUT2D eigenvalue weighted by atomic mass is 16.2. The Morgan fingerprint density at radius 3 is 2.76 bits per heavy atom. The van der Waals surface area contributed by atoms with E-state index in [0.717, 1.165) is 36.7 Å². The number of carbonyl (C=O) groups excluding carboxylic acids is 1. The molecule has 29 heavy (non-hydrogen) atoms. The van der Waals surface area contributed by atoms with Crippen molar-refractivity contribution < 1.29 is 4.79 Å². The van der Waals surface area contributed by atoms with Crippen LogP contribution < -0.4 is 15.5 Å². The van der Waals surface area contributed by atoms with E-state index in [0.29, 0.717) is 0 Å². The van der Waals surface area contributed by atoms with Gasteiger partial charge in [-0.05, 0) is 67.8 Å². The summed E-state index contributed by atoms with van der Waals surface area (Å²) in [7, 11) is 0. The molecule has 0 spiro atoms. The summed E-state index contributed by atoms with van der Waals surface area (Å²) in [5.41, 5.74) is 5.79. The fraction of sp³-hybridized carbons (Fsp3) is 0.417. The molecule has 2 aromatic rings. The minimum absolute atomic E-state index is 0.0894. The van der Waals surface area contributed by atoms with Crippen molar-refractivity contribution in [3.8, 4) is 0 Å². The first-order valence-corrected chi connectivity index (χ1v) is 10.5. The number of rotatable bonds is 3. The molecule has 2 aliphatic heterocycles. The minimum Gasteiger partial charge on any atom is -0.363 e. The van der Waals surface area contributed by atoms with Crippen LogP contribution in [0, 0.1) is 12.8 Å². The highest BCUT2D eigenvalue weighted by Gasteiger charge is 2.38. The van der Waals surface area contributed by atoms with Crippen LogP contribution in [-0.4, -0.2) is 30.0 Å². The highest BCUT2D eigenvalue weighted by Crippen LogP contribution is 2.43. The Hall–Kier alpha value is -2.66. The molecule has 0 bridgehead atoms. The molecular weight excluding hydrogens is 360 g/mol. The van der Waals surface area contributed by atoms with Crippen LogP contribution in [0.4, 0.5) is 11.5 Å². The van der Waals surface area contributed by atoms with Gasteiger partial charge in [-0.1, -0.05) is 25.1 Å². The number of nitrogens with zero attached hydrogens (tertiary/aromatic N) is 2. The maximum absolute atomic E-state index is 12.5. The fourth-order valence-corrected chi connectivity index (χ4v) is 4.57. The van der Waals surface area contributed by atoms with Gasteiger partial charge in [-0.25, -0.2) is 4.98 Å². The topological polar surface area (TPSA) is 57.3 Å². The summed E-state index contributed by atoms with van der Waals surface area (Å²) in [6.45, 7) is 9.93. The third kappa shape index (κ3) is 3.79. The van der Waals surface area contributed by atoms with Crippen molar-refractivity contribution in [1.82, 2.24) is 10.3 Å². The number of benzene rings is 1. The van der Waals surface area contributed by atoms with E-state index >= 15 is 0 Å². The number of fused-ring (bicyclic) bond motifs is 1. The molecule has 0 saturated carbocycles. The van der Waals surface area contributed by atoms with E-state index in [1.54, 1.807) is 6.92 Å². The Labute approximate surface area is 173 Å². The normalized spacial score (nSPS) is 23.9. The van der Waals surface area contributed by atoms with Crippen LogP contribution in [-0.2, 0) is 4.79 Å². The minimum atomic E-state index is 0.0894. The molecule has 3 heterocycles. The SMILES string of the molecule is CC(=O)N1c2ccc(C3=CCNCC3)cc2[C@H](Nc2cccc(C)n2)[C@@H](C)[C@@H]1C. The predicted octanol–water partition coefficient (Wildman–Crippen LogP) is 4.31. The smallest absolute Gasteiger partial charge is 0.224 e. The van der Waals surface area contributed by atoms with E-state index in [9.17, 15) is 4.79 Å². The standard InChI is InChI=1S/C24H30N4O/c1-15-6-5-7-23(26-15)27-24-16(2)17(3)28(18(4)29)22-9-8-20(14-21(22)24)19-10-12-25-13-11-19/h5-10,14,16-17,24-25H,11-13H2,1-4H3,(H,26,27)/t16-,17-,24+/m0/s1. The molecule has 5 nitrogen and oxygen atoms in total. The maximum Gasteiger partial charge on any atom is 0.224 e. The Balaban J connectivity index is 1.80. The van der Waals surface area contributed by atoms with E-state index in [2.05, 4.69) is 53.7 Å². The Morgan fingerprint density at radius 2 is 2.07 bits per heavy atom. The molecule has 1 aromatic heterocycles. The molecule has 1 amide bonds. The summed E-state index contributed by atoms with van der Waals surface area (Å²) in [4.78, 5) is 19.1. The number of hydrogen-bond acceptors (Lipinski definition) is 4. The van der Waals surface area contributed by atoms with Crippen molar-refractivity contribution in [2.45, 2.75) is 46.2 Å². The molecule has 2 aliphatic rings. The second kappa shape index (κ2) is 7.99. The monoisotopic (exact) mass is 390 g/mol. The zero-order chi connectivity index (χ0) is 20.5. The lowest BCUT2D eigenvalue weighted by molar-refractivity contribution is -0.117. The van der Waals surface area contributed by atoms with Gasteiger partial charge in [0.05, 0.1) is 6.04 Å². The lowest BCUT2D eigenvalue weighted by Gasteiger charge is -2.44. The molecule has 0 aliphatic carbocycles. The van der Waals surface area contributed by atoms with E-state index in [1.165, 1.54) is 16.7 Å². The molecule has 3 atom stereocenters. The van der Waals surface area contributed by atoms with E-state index in [-0.39, 0.29) is 23.9 Å². The van der Waals surface area contributed by atoms with E-state index in [4.69, 9.17) is 0 Å². The van der Waals surface area contributed by atoms with Crippen molar-refractivity contribution in [2.75, 3.05) is 23.3 Å². The number of pyridine rings is 1. The summed E-state index contributed by atoms with van der Waals surface area (Å²) < 4.78 is 0. The number of amides is 1. The average molecular weight is 391 g/mol. The lowest BCUT2D eigenvalue weighted by atomic mass is 9.81. The van der Waals surface area contributed by atoms with Crippen LogP contribution in [0.1, 0.15) is 50.1 Å². The highest BCUT2D eigenvalue weighted by molar-refractivity contribution is 5.94. The fourth-order valence-electron chi connectivity index (χ4n) is 4.57. The molecule has 0 radical (unpaired) electrons. The van der Waals surface area contributed by atoms with Gasteiger partial charge >= 0.3 is 0 Å². The largest absolute Gasteiger partial charge is 0.363 e. The van der Waals surface area contributed by atoms with Gasteiger partial charge in [-0.3, -0.25) is 4.79 Å². The first-order chi connectivity index (χ1) is 14.0. The summed E-state index contributed by atoms with van der Waals surface area (Å²) in [5.74, 6) is 1.21. The summed E-state index contributed by atoms with van der Waals surface area (Å²) in [6.07, 6.45) is 3.30. The molecule has 0 fully saturated rings. The Morgan fingerprint density at radius 1 is 1.24 bits per heavy atom. The summed E-state index contributed by atoms with van der Waals surface area (Å²) in [6, 6.07) is 12.8. The zero-order valence-corrected chi connectivity index (χ0v) is 17.7. The number of nitrogens with one attached hydrogen (secondary N) is 2. The molecule has 2 N–H and O–H groups in total. The molecule has 0 unspecified atom stereocenters. The van der Waals surface area contributed by atoms with Crippen LogP contribution in [0.5, 0.6) is 0 Å². The van der Waals surface area contributed by atoms with Gasteiger partial charge in [0.25, 0.3) is 0 Å². The van der Waals surface area contributed by atoms with Crippen molar-refractivity contribution >= 4 is 23.0 Å². The Kier molecular flexibility index (Phi) is 5.41. The van der Waals surface area contributed by atoms with Gasteiger partial charge in [0.1, 0.15) is 5.82 Å². The zero-order valence-electron chi connectivity index (χ0n) is 17.7. The van der Waals surface area contributed by atoms with Gasteiger partial charge < -0.3 is 15.5 Å². The van der Waals surface area contributed by atoms with Crippen LogP contribution in [0.2, 0.25) is 0 Å². The van der Waals surface area contributed by atoms with Gasteiger partial charge in [-0.15, -0.1) is 0 Å². The van der Waals surface area contributed by atoms with Crippen LogP contribution in [0.3, 0.4) is 0 Å². The number of hydrogen-bond donors (Lipinski definition) is 2. The number of aryl methyl sites for hydroxylation is 1. The third-order valence-electron chi connectivity index (χ3n) is 6.28. The second-order valence-electron chi connectivity index (χ2n) is 8.23. The van der Waals surface area contributed by atoms with E-state index < -0.39 is 0 Å². The first kappa shape index (κ1) is 19.6. The van der Waals surface area contributed by atoms with Crippen molar-refractivity contribution in [2.24, 2.45) is 5.92 Å². The molecule has 4 rings (SSSR count). The molecule has 1 aromatic carbocycles. The molecule has 152 valence electrons. The van der Waals surface area contributed by atoms with Gasteiger partial charge in [0, 0.05) is 36.8 Å². The molecular formula is C24H30N4O. The number of aromatic nitrogens is 1. The van der Waals surface area contributed by atoms with Crippen molar-refractivity contribution in [3.05, 3.63) is 59.3 Å². The number of carbonyl (C=O) groups is 1. The van der Waals surface area contributed by atoms with Gasteiger partial charge in [-0.2, -0.15) is 0 Å². The quantitative estimate of drug-likeness (QED) is 0.820. The summed E-state index contributed by atoms with van der Waals surface area (Å²) in [5, 5.41) is 7.05. The van der Waals surface area contributed by atoms with Crippen molar-refractivity contribution in [1.29, 1.82) is 0 Å². The molecule has 5 heteroatoms. The van der Waals surface area contributed by atoms with E-state index in [1.807, 2.05) is 30.0 Å². The lowest BCUT2D eigenvalue weighted by Crippen LogP contribution is -2.48. The maximum atomic E-state index is 12.5. The van der Waals surface area contributed by atoms with Gasteiger partial charge in [0.2, 0.25) is 5.91 Å². The number of anilines is 2. The summed E-state index contributed by atoms with van der Waals surface area (Å²) >= 11 is 0. The Bertz CT molecular complexity index is 952.